The minimum atomic E-state index is -4.47. The summed E-state index contributed by atoms with van der Waals surface area (Å²) < 4.78 is 51.8. The highest BCUT2D eigenvalue weighted by molar-refractivity contribution is 5.76. The third kappa shape index (κ3) is 3.60. The van der Waals surface area contributed by atoms with Gasteiger partial charge < -0.3 is 14.0 Å². The summed E-state index contributed by atoms with van der Waals surface area (Å²) >= 11 is 0. The molecule has 3 aromatic rings. The zero-order valence-electron chi connectivity index (χ0n) is 18.2. The van der Waals surface area contributed by atoms with Crippen LogP contribution in [0.4, 0.5) is 13.2 Å². The van der Waals surface area contributed by atoms with Gasteiger partial charge in [0.05, 0.1) is 31.3 Å². The Hall–Kier alpha value is -2.88. The molecule has 0 N–H and O–H groups in total. The number of likely N-dealkylation sites (tertiary alicyclic amines) is 1. The Morgan fingerprint density at radius 1 is 1.18 bits per heavy atom. The number of imidazole rings is 1. The molecule has 3 atom stereocenters. The minimum Gasteiger partial charge on any atom is -0.491 e. The first-order valence-electron chi connectivity index (χ1n) is 11.2. The van der Waals surface area contributed by atoms with Crippen LogP contribution in [-0.4, -0.2) is 51.2 Å². The van der Waals surface area contributed by atoms with Crippen LogP contribution in [0.3, 0.4) is 0 Å². The summed E-state index contributed by atoms with van der Waals surface area (Å²) in [5.41, 5.74) is 2.51. The van der Waals surface area contributed by atoms with Crippen molar-refractivity contribution in [3.8, 4) is 11.6 Å². The van der Waals surface area contributed by atoms with Crippen molar-refractivity contribution >= 4 is 11.2 Å². The highest BCUT2D eigenvalue weighted by Crippen LogP contribution is 2.52. The average Bonchev–Trinajstić information content (AvgIpc) is 3.10. The standard InChI is InChI=1S/C23H24F3N5O2/c1-32-18-7-14(23(24,25)26)8-28-22(18)33-12-17-15-9-30(10-16(15)17)11-19-29-21-20-13(4-5-27-21)3-2-6-31(19)20/h4-5,7-8,15-17H,2-3,6,9-12H2,1H3/t15-,16?,17?/m0/s1. The maximum absolute atomic E-state index is 12.9. The number of rotatable bonds is 6. The summed E-state index contributed by atoms with van der Waals surface area (Å²) in [5, 5.41) is 0. The molecule has 0 bridgehead atoms. The van der Waals surface area contributed by atoms with Gasteiger partial charge in [0.1, 0.15) is 5.82 Å². The molecule has 2 aliphatic heterocycles. The van der Waals surface area contributed by atoms with E-state index in [1.165, 1.54) is 18.2 Å². The Bertz CT molecular complexity index is 1200. The zero-order valence-corrected chi connectivity index (χ0v) is 18.2. The lowest BCUT2D eigenvalue weighted by molar-refractivity contribution is -0.138. The molecule has 3 aromatic heterocycles. The fourth-order valence-electron chi connectivity index (χ4n) is 5.49. The monoisotopic (exact) mass is 459 g/mol. The summed E-state index contributed by atoms with van der Waals surface area (Å²) in [6.45, 7) is 4.18. The fourth-order valence-corrected chi connectivity index (χ4v) is 5.49. The number of pyridine rings is 2. The van der Waals surface area contributed by atoms with Gasteiger partial charge >= 0.3 is 6.18 Å². The Balaban J connectivity index is 1.07. The van der Waals surface area contributed by atoms with E-state index in [-0.39, 0.29) is 11.6 Å². The summed E-state index contributed by atoms with van der Waals surface area (Å²) in [5.74, 6) is 2.65. The molecule has 1 saturated carbocycles. The van der Waals surface area contributed by atoms with Crippen LogP contribution in [0.25, 0.3) is 11.2 Å². The number of fused-ring (bicyclic) bond motifs is 1. The van der Waals surface area contributed by atoms with Gasteiger partial charge in [-0.25, -0.2) is 15.0 Å². The Labute approximate surface area is 188 Å². The number of ether oxygens (including phenoxy) is 2. The molecule has 1 aliphatic carbocycles. The second kappa shape index (κ2) is 7.58. The molecule has 3 aliphatic rings. The van der Waals surface area contributed by atoms with Crippen LogP contribution in [0.1, 0.15) is 23.4 Å². The molecule has 10 heteroatoms. The van der Waals surface area contributed by atoms with Crippen molar-refractivity contribution in [2.45, 2.75) is 32.1 Å². The number of hydrogen-bond donors (Lipinski definition) is 0. The number of nitrogens with zero attached hydrogens (tertiary/aromatic N) is 5. The first kappa shape index (κ1) is 20.7. The van der Waals surface area contributed by atoms with Gasteiger partial charge in [0.2, 0.25) is 0 Å². The van der Waals surface area contributed by atoms with Crippen LogP contribution in [-0.2, 0) is 25.7 Å². The van der Waals surface area contributed by atoms with Crippen LogP contribution < -0.4 is 9.47 Å². The quantitative estimate of drug-likeness (QED) is 0.562. The minimum absolute atomic E-state index is 0.00517. The lowest BCUT2D eigenvalue weighted by Crippen LogP contribution is -2.27. The van der Waals surface area contributed by atoms with Crippen LogP contribution in [0.2, 0.25) is 0 Å². The Morgan fingerprint density at radius 3 is 2.76 bits per heavy atom. The van der Waals surface area contributed by atoms with Gasteiger partial charge in [-0.15, -0.1) is 0 Å². The van der Waals surface area contributed by atoms with E-state index in [1.807, 2.05) is 6.20 Å². The van der Waals surface area contributed by atoms with Gasteiger partial charge in [0, 0.05) is 37.9 Å². The highest BCUT2D eigenvalue weighted by atomic mass is 19.4. The highest BCUT2D eigenvalue weighted by Gasteiger charge is 2.56. The van der Waals surface area contributed by atoms with E-state index < -0.39 is 11.7 Å². The third-order valence-electron chi connectivity index (χ3n) is 7.22. The van der Waals surface area contributed by atoms with Crippen molar-refractivity contribution in [3.05, 3.63) is 41.5 Å². The molecule has 33 heavy (non-hydrogen) atoms. The topological polar surface area (TPSA) is 65.3 Å². The van der Waals surface area contributed by atoms with Gasteiger partial charge in [-0.2, -0.15) is 13.2 Å². The predicted octanol–water partition coefficient (Wildman–Crippen LogP) is 3.56. The predicted molar refractivity (Wildman–Crippen MR) is 113 cm³/mol. The van der Waals surface area contributed by atoms with E-state index in [9.17, 15) is 13.2 Å². The van der Waals surface area contributed by atoms with Gasteiger partial charge in [-0.1, -0.05) is 0 Å². The van der Waals surface area contributed by atoms with Crippen molar-refractivity contribution in [1.82, 2.24) is 24.4 Å². The van der Waals surface area contributed by atoms with Crippen LogP contribution in [0.5, 0.6) is 11.6 Å². The number of hydrogen-bond acceptors (Lipinski definition) is 6. The molecule has 0 spiro atoms. The summed E-state index contributed by atoms with van der Waals surface area (Å²) in [4.78, 5) is 15.5. The number of halogens is 3. The van der Waals surface area contributed by atoms with Gasteiger partial charge in [0.15, 0.2) is 11.4 Å². The number of piperidine rings is 1. The van der Waals surface area contributed by atoms with E-state index in [2.05, 4.69) is 25.5 Å². The molecule has 2 fully saturated rings. The molecule has 1 saturated heterocycles. The van der Waals surface area contributed by atoms with Crippen molar-refractivity contribution in [2.75, 3.05) is 26.8 Å². The largest absolute Gasteiger partial charge is 0.491 e. The fraction of sp³-hybridized carbons (Fsp3) is 0.522. The molecular weight excluding hydrogens is 435 g/mol. The van der Waals surface area contributed by atoms with Crippen molar-refractivity contribution in [2.24, 2.45) is 17.8 Å². The lowest BCUT2D eigenvalue weighted by atomic mass is 10.1. The average molecular weight is 459 g/mol. The number of aromatic nitrogens is 4. The normalized spacial score (nSPS) is 24.2. The van der Waals surface area contributed by atoms with Crippen molar-refractivity contribution in [1.29, 1.82) is 0 Å². The van der Waals surface area contributed by atoms with Crippen LogP contribution in [0.15, 0.2) is 24.5 Å². The molecular formula is C23H24F3N5O2. The Morgan fingerprint density at radius 2 is 2.00 bits per heavy atom. The Kier molecular flexibility index (Phi) is 4.76. The first-order valence-corrected chi connectivity index (χ1v) is 11.2. The second-order valence-corrected chi connectivity index (χ2v) is 9.15. The smallest absolute Gasteiger partial charge is 0.418 e. The number of aryl methyl sites for hydroxylation is 2. The molecule has 5 heterocycles. The zero-order chi connectivity index (χ0) is 22.7. The molecule has 0 aromatic carbocycles. The second-order valence-electron chi connectivity index (χ2n) is 9.15. The summed E-state index contributed by atoms with van der Waals surface area (Å²) in [7, 11) is 1.32. The van der Waals surface area contributed by atoms with E-state index in [0.29, 0.717) is 24.4 Å². The number of methoxy groups -OCH3 is 1. The van der Waals surface area contributed by atoms with Crippen LogP contribution >= 0.6 is 0 Å². The number of alkyl halides is 3. The third-order valence-corrected chi connectivity index (χ3v) is 7.22. The molecule has 0 amide bonds. The molecule has 7 nitrogen and oxygen atoms in total. The molecule has 0 radical (unpaired) electrons. The van der Waals surface area contributed by atoms with Gasteiger partial charge in [0.25, 0.3) is 5.88 Å². The lowest BCUT2D eigenvalue weighted by Gasteiger charge is -2.21. The van der Waals surface area contributed by atoms with Crippen molar-refractivity contribution < 1.29 is 22.6 Å². The summed E-state index contributed by atoms with van der Waals surface area (Å²) in [6.07, 6.45) is 0.376. The molecule has 2 unspecified atom stereocenters. The first-order chi connectivity index (χ1) is 15.9. The maximum atomic E-state index is 12.9. The van der Waals surface area contributed by atoms with E-state index in [4.69, 9.17) is 14.5 Å². The van der Waals surface area contributed by atoms with E-state index >= 15 is 0 Å². The molecule has 6 rings (SSSR count). The van der Waals surface area contributed by atoms with Crippen LogP contribution in [0, 0.1) is 17.8 Å². The summed E-state index contributed by atoms with van der Waals surface area (Å²) in [6, 6.07) is 3.03. The van der Waals surface area contributed by atoms with E-state index in [1.54, 1.807) is 0 Å². The molecule has 174 valence electrons. The maximum Gasteiger partial charge on any atom is 0.418 e. The van der Waals surface area contributed by atoms with Gasteiger partial charge in [-0.3, -0.25) is 4.90 Å². The van der Waals surface area contributed by atoms with Gasteiger partial charge in [-0.05, 0) is 42.4 Å². The van der Waals surface area contributed by atoms with E-state index in [0.717, 1.165) is 62.8 Å². The van der Waals surface area contributed by atoms with Crippen molar-refractivity contribution in [3.63, 3.8) is 0 Å². The SMILES string of the molecule is COc1cc(C(F)(F)F)cnc1OCC1C2CN(Cc3nc4nccc5c4n3CCC5)C[C@H]12.